The zero-order valence-corrected chi connectivity index (χ0v) is 11.4. The lowest BCUT2D eigenvalue weighted by atomic mass is 9.84. The van der Waals surface area contributed by atoms with Crippen molar-refractivity contribution in [3.8, 4) is 5.75 Å². The van der Waals surface area contributed by atoms with Crippen LogP contribution in [-0.2, 0) is 11.2 Å². The molecule has 1 saturated carbocycles. The van der Waals surface area contributed by atoms with E-state index in [0.717, 1.165) is 12.1 Å². The van der Waals surface area contributed by atoms with Gasteiger partial charge in [0, 0.05) is 11.3 Å². The van der Waals surface area contributed by atoms with E-state index in [1.807, 2.05) is 17.8 Å². The highest BCUT2D eigenvalue weighted by Gasteiger charge is 2.36. The molecule has 0 aliphatic heterocycles. The van der Waals surface area contributed by atoms with Gasteiger partial charge in [0.05, 0.1) is 6.42 Å². The molecular weight excluding hydrogens is 246 g/mol. The first kappa shape index (κ1) is 13.3. The average molecular weight is 265 g/mol. The summed E-state index contributed by atoms with van der Waals surface area (Å²) in [7, 11) is 0. The maximum atomic E-state index is 11.8. The number of carbonyl (C=O) groups excluding carboxylic acids is 1. The van der Waals surface area contributed by atoms with Crippen molar-refractivity contribution in [3.05, 3.63) is 29.8 Å². The van der Waals surface area contributed by atoms with Gasteiger partial charge >= 0.3 is 0 Å². The zero-order valence-electron chi connectivity index (χ0n) is 10.6. The summed E-state index contributed by atoms with van der Waals surface area (Å²) in [5.74, 6) is 0.237. The number of benzene rings is 1. The van der Waals surface area contributed by atoms with Crippen molar-refractivity contribution in [2.45, 2.75) is 30.4 Å². The number of phenolic OH excluding ortho intramolecular Hbond substituents is 1. The van der Waals surface area contributed by atoms with Crippen LogP contribution >= 0.6 is 11.8 Å². The molecule has 0 atom stereocenters. The summed E-state index contributed by atoms with van der Waals surface area (Å²) < 4.78 is 0.272. The number of carbonyl (C=O) groups is 1. The van der Waals surface area contributed by atoms with Gasteiger partial charge in [0.1, 0.15) is 5.75 Å². The van der Waals surface area contributed by atoms with Crippen LogP contribution in [0, 0.1) is 0 Å². The van der Waals surface area contributed by atoms with Crippen LogP contribution in [0.1, 0.15) is 24.8 Å². The Bertz CT molecular complexity index is 424. The molecule has 1 aliphatic rings. The second-order valence-corrected chi connectivity index (χ2v) is 6.14. The van der Waals surface area contributed by atoms with E-state index in [-0.39, 0.29) is 16.4 Å². The van der Waals surface area contributed by atoms with Crippen LogP contribution < -0.4 is 5.32 Å². The molecule has 2 rings (SSSR count). The Morgan fingerprint density at radius 3 is 2.83 bits per heavy atom. The Labute approximate surface area is 112 Å². The number of phenols is 1. The van der Waals surface area contributed by atoms with Crippen LogP contribution in [-0.4, -0.2) is 28.6 Å². The van der Waals surface area contributed by atoms with Crippen LogP contribution in [0.5, 0.6) is 5.75 Å². The lowest BCUT2D eigenvalue weighted by Crippen LogP contribution is -2.45. The van der Waals surface area contributed by atoms with E-state index in [2.05, 4.69) is 11.6 Å². The number of hydrogen-bond acceptors (Lipinski definition) is 3. The van der Waals surface area contributed by atoms with Gasteiger partial charge in [-0.1, -0.05) is 18.6 Å². The van der Waals surface area contributed by atoms with Gasteiger partial charge in [-0.05, 0) is 36.8 Å². The molecule has 0 saturated heterocycles. The van der Waals surface area contributed by atoms with E-state index in [1.54, 1.807) is 18.2 Å². The van der Waals surface area contributed by atoms with E-state index in [0.29, 0.717) is 6.42 Å². The predicted octanol–water partition coefficient (Wildman–Crippen LogP) is 2.34. The van der Waals surface area contributed by atoms with Crippen molar-refractivity contribution in [2.24, 2.45) is 0 Å². The number of thioether (sulfide) groups is 1. The molecule has 98 valence electrons. The average Bonchev–Trinajstić information content (AvgIpc) is 2.28. The second kappa shape index (κ2) is 5.65. The number of amides is 1. The maximum absolute atomic E-state index is 11.8. The Hall–Kier alpha value is -1.16. The van der Waals surface area contributed by atoms with Gasteiger partial charge in [-0.2, -0.15) is 11.8 Å². The molecule has 0 radical (unpaired) electrons. The van der Waals surface area contributed by atoms with E-state index in [9.17, 15) is 9.90 Å². The summed E-state index contributed by atoms with van der Waals surface area (Å²) >= 11 is 1.86. The summed E-state index contributed by atoms with van der Waals surface area (Å²) in [4.78, 5) is 11.8. The van der Waals surface area contributed by atoms with Gasteiger partial charge in [-0.15, -0.1) is 0 Å². The van der Waals surface area contributed by atoms with Crippen LogP contribution in [0.25, 0.3) is 0 Å². The molecule has 1 aromatic carbocycles. The Morgan fingerprint density at radius 1 is 1.50 bits per heavy atom. The summed E-state index contributed by atoms with van der Waals surface area (Å²) in [6.07, 6.45) is 6.10. The molecule has 2 N–H and O–H groups in total. The number of nitrogens with one attached hydrogen (secondary N) is 1. The quantitative estimate of drug-likeness (QED) is 0.859. The van der Waals surface area contributed by atoms with Crippen molar-refractivity contribution in [1.82, 2.24) is 5.32 Å². The van der Waals surface area contributed by atoms with Gasteiger partial charge in [0.25, 0.3) is 0 Å². The fourth-order valence-corrected chi connectivity index (χ4v) is 3.11. The zero-order chi connectivity index (χ0) is 13.0. The van der Waals surface area contributed by atoms with Crippen molar-refractivity contribution in [1.29, 1.82) is 0 Å². The normalized spacial score (nSPS) is 16.9. The van der Waals surface area contributed by atoms with Crippen LogP contribution in [0.15, 0.2) is 24.3 Å². The van der Waals surface area contributed by atoms with Crippen LogP contribution in [0.2, 0.25) is 0 Å². The number of rotatable bonds is 5. The van der Waals surface area contributed by atoms with Gasteiger partial charge in [0.15, 0.2) is 0 Å². The monoisotopic (exact) mass is 265 g/mol. The summed E-state index contributed by atoms with van der Waals surface area (Å²) in [5.41, 5.74) is 0.847. The summed E-state index contributed by atoms with van der Waals surface area (Å²) in [6.45, 7) is 0.756. The third kappa shape index (κ3) is 3.19. The van der Waals surface area contributed by atoms with Crippen molar-refractivity contribution in [3.63, 3.8) is 0 Å². The molecule has 1 aliphatic carbocycles. The summed E-state index contributed by atoms with van der Waals surface area (Å²) in [5, 5.41) is 12.3. The predicted molar refractivity (Wildman–Crippen MR) is 74.9 cm³/mol. The minimum Gasteiger partial charge on any atom is -0.508 e. The minimum atomic E-state index is 0.0286. The molecule has 1 fully saturated rings. The Morgan fingerprint density at radius 2 is 2.28 bits per heavy atom. The van der Waals surface area contributed by atoms with Crippen molar-refractivity contribution < 1.29 is 9.90 Å². The van der Waals surface area contributed by atoms with E-state index in [4.69, 9.17) is 0 Å². The number of aromatic hydroxyl groups is 1. The molecule has 3 nitrogen and oxygen atoms in total. The molecule has 0 unspecified atom stereocenters. The summed E-state index contributed by atoms with van der Waals surface area (Å²) in [6, 6.07) is 6.85. The van der Waals surface area contributed by atoms with Gasteiger partial charge in [0.2, 0.25) is 5.91 Å². The lowest BCUT2D eigenvalue weighted by Gasteiger charge is -2.40. The highest BCUT2D eigenvalue weighted by atomic mass is 32.2. The molecule has 4 heteroatoms. The molecule has 1 aromatic rings. The van der Waals surface area contributed by atoms with Crippen molar-refractivity contribution in [2.75, 3.05) is 12.8 Å². The SMILES string of the molecule is CSC1(CNC(=O)Cc2cccc(O)c2)CCC1. The van der Waals surface area contributed by atoms with E-state index >= 15 is 0 Å². The first-order chi connectivity index (χ1) is 8.63. The highest BCUT2D eigenvalue weighted by Crippen LogP contribution is 2.42. The number of hydrogen-bond donors (Lipinski definition) is 2. The molecule has 1 amide bonds. The van der Waals surface area contributed by atoms with Gasteiger partial charge < -0.3 is 10.4 Å². The maximum Gasteiger partial charge on any atom is 0.224 e. The largest absolute Gasteiger partial charge is 0.508 e. The molecule has 18 heavy (non-hydrogen) atoms. The minimum absolute atomic E-state index is 0.0286. The fraction of sp³-hybridized carbons (Fsp3) is 0.500. The molecule has 0 aromatic heterocycles. The van der Waals surface area contributed by atoms with E-state index < -0.39 is 0 Å². The Kier molecular flexibility index (Phi) is 4.17. The van der Waals surface area contributed by atoms with E-state index in [1.165, 1.54) is 19.3 Å². The second-order valence-electron chi connectivity index (χ2n) is 4.86. The Balaban J connectivity index is 1.82. The molecule has 0 bridgehead atoms. The third-order valence-corrected chi connectivity index (χ3v) is 5.00. The fourth-order valence-electron chi connectivity index (χ4n) is 2.20. The highest BCUT2D eigenvalue weighted by molar-refractivity contribution is 8.00. The van der Waals surface area contributed by atoms with Crippen LogP contribution in [0.3, 0.4) is 0 Å². The third-order valence-electron chi connectivity index (χ3n) is 3.58. The van der Waals surface area contributed by atoms with Gasteiger partial charge in [-0.25, -0.2) is 0 Å². The smallest absolute Gasteiger partial charge is 0.224 e. The van der Waals surface area contributed by atoms with Crippen molar-refractivity contribution >= 4 is 17.7 Å². The first-order valence-corrected chi connectivity index (χ1v) is 7.46. The lowest BCUT2D eigenvalue weighted by molar-refractivity contribution is -0.120. The standard InChI is InChI=1S/C14H19NO2S/c1-18-14(6-3-7-14)10-15-13(17)9-11-4-2-5-12(16)8-11/h2,4-5,8,16H,3,6-7,9-10H2,1H3,(H,15,17). The van der Waals surface area contributed by atoms with Gasteiger partial charge in [-0.3, -0.25) is 4.79 Å². The molecule has 0 spiro atoms. The molecular formula is C14H19NO2S. The first-order valence-electron chi connectivity index (χ1n) is 6.23. The van der Waals surface area contributed by atoms with Crippen LogP contribution in [0.4, 0.5) is 0 Å². The topological polar surface area (TPSA) is 49.3 Å². The molecule has 0 heterocycles.